The van der Waals surface area contributed by atoms with Crippen LogP contribution in [0.5, 0.6) is 0 Å². The highest BCUT2D eigenvalue weighted by Gasteiger charge is 2.16. The molecule has 1 heterocycles. The van der Waals surface area contributed by atoms with Crippen molar-refractivity contribution in [1.29, 1.82) is 0 Å². The van der Waals surface area contributed by atoms with E-state index in [1.54, 1.807) is 32.0 Å². The van der Waals surface area contributed by atoms with Crippen molar-refractivity contribution in [2.45, 2.75) is 25.3 Å². The van der Waals surface area contributed by atoms with E-state index in [0.29, 0.717) is 15.8 Å². The Balaban J connectivity index is 2.19. The van der Waals surface area contributed by atoms with Gasteiger partial charge in [0.15, 0.2) is 4.80 Å². The molecule has 152 valence electrons. The van der Waals surface area contributed by atoms with Crippen molar-refractivity contribution in [1.82, 2.24) is 4.57 Å². The fraction of sp³-hybridized carbons (Fsp3) is 0.211. The molecule has 0 radical (unpaired) electrons. The number of ether oxygens (including phenoxy) is 1. The zero-order valence-corrected chi connectivity index (χ0v) is 17.4. The molecule has 0 aliphatic carbocycles. The predicted molar refractivity (Wildman–Crippen MR) is 109 cm³/mol. The SMILES string of the molecule is CCOC(=O)Cn1c(=NC(=O)c2ccccc2C)sc2cc(S(N)(=O)=O)ccc21. The number of primary sulfonamides is 1. The van der Waals surface area contributed by atoms with E-state index in [0.717, 1.165) is 16.9 Å². The lowest BCUT2D eigenvalue weighted by Gasteiger charge is -2.06. The first-order chi connectivity index (χ1) is 13.7. The molecule has 0 unspecified atom stereocenters. The van der Waals surface area contributed by atoms with Gasteiger partial charge in [-0.15, -0.1) is 0 Å². The highest BCUT2D eigenvalue weighted by Crippen LogP contribution is 2.21. The molecule has 3 rings (SSSR count). The molecule has 2 N–H and O–H groups in total. The van der Waals surface area contributed by atoms with E-state index in [4.69, 9.17) is 9.88 Å². The smallest absolute Gasteiger partial charge is 0.326 e. The Bertz CT molecular complexity index is 1270. The van der Waals surface area contributed by atoms with Gasteiger partial charge in [-0.3, -0.25) is 9.59 Å². The first-order valence-corrected chi connectivity index (χ1v) is 11.0. The van der Waals surface area contributed by atoms with Crippen molar-refractivity contribution in [2.75, 3.05) is 6.61 Å². The Labute approximate surface area is 171 Å². The molecule has 1 amide bonds. The lowest BCUT2D eigenvalue weighted by Crippen LogP contribution is -2.23. The minimum Gasteiger partial charge on any atom is -0.465 e. The normalized spacial score (nSPS) is 12.3. The number of amides is 1. The number of carbonyl (C=O) groups is 2. The predicted octanol–water partition coefficient (Wildman–Crippen LogP) is 1.96. The van der Waals surface area contributed by atoms with Crippen LogP contribution in [-0.2, 0) is 26.1 Å². The molecule has 0 saturated carbocycles. The van der Waals surface area contributed by atoms with E-state index in [-0.39, 0.29) is 22.8 Å². The van der Waals surface area contributed by atoms with Gasteiger partial charge in [0.1, 0.15) is 6.54 Å². The molecule has 0 aliphatic heterocycles. The summed E-state index contributed by atoms with van der Waals surface area (Å²) in [6, 6.07) is 11.3. The monoisotopic (exact) mass is 433 g/mol. The van der Waals surface area contributed by atoms with Gasteiger partial charge < -0.3 is 9.30 Å². The second kappa shape index (κ2) is 8.27. The molecule has 0 aliphatic rings. The van der Waals surface area contributed by atoms with Gasteiger partial charge in [-0.05, 0) is 43.7 Å². The van der Waals surface area contributed by atoms with Crippen molar-refractivity contribution < 1.29 is 22.7 Å². The molecule has 0 saturated heterocycles. The van der Waals surface area contributed by atoms with E-state index in [1.165, 1.54) is 22.8 Å². The summed E-state index contributed by atoms with van der Waals surface area (Å²) in [6.45, 7) is 3.55. The molecule has 10 heteroatoms. The number of aromatic nitrogens is 1. The summed E-state index contributed by atoms with van der Waals surface area (Å²) in [4.78, 5) is 29.1. The third kappa shape index (κ3) is 4.61. The van der Waals surface area contributed by atoms with Crippen LogP contribution in [-0.4, -0.2) is 31.5 Å². The topological polar surface area (TPSA) is 121 Å². The summed E-state index contributed by atoms with van der Waals surface area (Å²) in [6.07, 6.45) is 0. The number of rotatable bonds is 5. The summed E-state index contributed by atoms with van der Waals surface area (Å²) in [5, 5.41) is 5.20. The van der Waals surface area contributed by atoms with Crippen molar-refractivity contribution in [3.63, 3.8) is 0 Å². The fourth-order valence-corrected chi connectivity index (χ4v) is 4.45. The zero-order valence-electron chi connectivity index (χ0n) is 15.8. The van der Waals surface area contributed by atoms with Crippen molar-refractivity contribution in [3.8, 4) is 0 Å². The number of hydrogen-bond donors (Lipinski definition) is 1. The molecule has 29 heavy (non-hydrogen) atoms. The van der Waals surface area contributed by atoms with E-state index >= 15 is 0 Å². The van der Waals surface area contributed by atoms with Crippen LogP contribution in [0.15, 0.2) is 52.4 Å². The van der Waals surface area contributed by atoms with Crippen LogP contribution in [0, 0.1) is 6.92 Å². The van der Waals surface area contributed by atoms with Gasteiger partial charge in [-0.2, -0.15) is 4.99 Å². The fourth-order valence-electron chi connectivity index (χ4n) is 2.76. The Hall–Kier alpha value is -2.82. The van der Waals surface area contributed by atoms with Gasteiger partial charge in [0.25, 0.3) is 5.91 Å². The molecule has 0 atom stereocenters. The molecule has 3 aromatic rings. The summed E-state index contributed by atoms with van der Waals surface area (Å²) in [5.41, 5.74) is 1.76. The molecule has 0 fully saturated rings. The molecule has 1 aromatic heterocycles. The van der Waals surface area contributed by atoms with Crippen molar-refractivity contribution in [3.05, 3.63) is 58.4 Å². The Kier molecular flexibility index (Phi) is 5.96. The third-order valence-electron chi connectivity index (χ3n) is 4.15. The minimum absolute atomic E-state index is 0.0636. The first-order valence-electron chi connectivity index (χ1n) is 8.67. The zero-order chi connectivity index (χ0) is 21.2. The second-order valence-electron chi connectivity index (χ2n) is 6.18. The van der Waals surface area contributed by atoms with Gasteiger partial charge in [-0.1, -0.05) is 29.5 Å². The van der Waals surface area contributed by atoms with Crippen LogP contribution in [0.2, 0.25) is 0 Å². The number of carbonyl (C=O) groups excluding carboxylic acids is 2. The maximum atomic E-state index is 12.7. The Morgan fingerprint density at radius 2 is 1.93 bits per heavy atom. The van der Waals surface area contributed by atoms with Crippen LogP contribution < -0.4 is 9.94 Å². The Morgan fingerprint density at radius 3 is 2.59 bits per heavy atom. The maximum Gasteiger partial charge on any atom is 0.326 e. The van der Waals surface area contributed by atoms with Crippen LogP contribution in [0.25, 0.3) is 10.2 Å². The maximum absolute atomic E-state index is 12.7. The highest BCUT2D eigenvalue weighted by molar-refractivity contribution is 7.89. The van der Waals surface area contributed by atoms with E-state index < -0.39 is 21.9 Å². The lowest BCUT2D eigenvalue weighted by atomic mass is 10.1. The van der Waals surface area contributed by atoms with E-state index in [9.17, 15) is 18.0 Å². The first kappa shape index (κ1) is 20.9. The number of sulfonamides is 1. The number of nitrogens with two attached hydrogens (primary N) is 1. The molecule has 8 nitrogen and oxygen atoms in total. The van der Waals surface area contributed by atoms with Gasteiger partial charge in [0, 0.05) is 5.56 Å². The Morgan fingerprint density at radius 1 is 1.21 bits per heavy atom. The van der Waals surface area contributed by atoms with Crippen LogP contribution in [0.4, 0.5) is 0 Å². The number of benzene rings is 2. The number of fused-ring (bicyclic) bond motifs is 1. The largest absolute Gasteiger partial charge is 0.465 e. The van der Waals surface area contributed by atoms with Gasteiger partial charge in [-0.25, -0.2) is 13.6 Å². The molecule has 0 bridgehead atoms. The van der Waals surface area contributed by atoms with E-state index in [2.05, 4.69) is 4.99 Å². The van der Waals surface area contributed by atoms with Crippen molar-refractivity contribution in [2.24, 2.45) is 10.1 Å². The quantitative estimate of drug-likeness (QED) is 0.617. The summed E-state index contributed by atoms with van der Waals surface area (Å²) < 4.78 is 30.4. The number of nitrogens with zero attached hydrogens (tertiary/aromatic N) is 2. The number of esters is 1. The summed E-state index contributed by atoms with van der Waals surface area (Å²) in [5.74, 6) is -0.952. The lowest BCUT2D eigenvalue weighted by molar-refractivity contribution is -0.143. The van der Waals surface area contributed by atoms with Crippen LogP contribution in [0.1, 0.15) is 22.8 Å². The number of hydrogen-bond acceptors (Lipinski definition) is 6. The standard InChI is InChI=1S/C19H19N3O5S2/c1-3-27-17(23)11-22-15-9-8-13(29(20,25)26)10-16(15)28-19(22)21-18(24)14-7-5-4-6-12(14)2/h4-10H,3,11H2,1-2H3,(H2,20,25,26). The van der Waals surface area contributed by atoms with Gasteiger partial charge >= 0.3 is 5.97 Å². The van der Waals surface area contributed by atoms with Gasteiger partial charge in [0.2, 0.25) is 10.0 Å². The van der Waals surface area contributed by atoms with Crippen LogP contribution in [0.3, 0.4) is 0 Å². The average molecular weight is 434 g/mol. The minimum atomic E-state index is -3.89. The number of aryl methyl sites for hydroxylation is 1. The molecular formula is C19H19N3O5S2. The average Bonchev–Trinajstić information content (AvgIpc) is 2.98. The van der Waals surface area contributed by atoms with Gasteiger partial charge in [0.05, 0.1) is 21.7 Å². The van der Waals surface area contributed by atoms with Crippen LogP contribution >= 0.6 is 11.3 Å². The number of thiazole rings is 1. The second-order valence-corrected chi connectivity index (χ2v) is 8.75. The third-order valence-corrected chi connectivity index (χ3v) is 6.10. The van der Waals surface area contributed by atoms with E-state index in [1.807, 2.05) is 6.07 Å². The molecular weight excluding hydrogens is 414 g/mol. The van der Waals surface area contributed by atoms with Crippen molar-refractivity contribution >= 4 is 43.5 Å². The molecule has 2 aromatic carbocycles. The molecule has 0 spiro atoms. The summed E-state index contributed by atoms with van der Waals surface area (Å²) >= 11 is 1.09. The highest BCUT2D eigenvalue weighted by atomic mass is 32.2. The summed E-state index contributed by atoms with van der Waals surface area (Å²) in [7, 11) is -3.89.